The van der Waals surface area contributed by atoms with Crippen molar-refractivity contribution in [3.63, 3.8) is 0 Å². The molecule has 0 heterocycles. The lowest BCUT2D eigenvalue weighted by atomic mass is 10.1. The molecule has 0 fully saturated rings. The van der Waals surface area contributed by atoms with Gasteiger partial charge < -0.3 is 9.47 Å². The standard InChI is InChI=1S/C18H11Br2ClO3/c19-14-9-12(21)6-8-15(14)24-17(22)10-23-16-7-5-11-3-1-2-4-13(11)18(16)20/h1-9H,10H2. The predicted octanol–water partition coefficient (Wildman–Crippen LogP) is 6.00. The maximum atomic E-state index is 12.0. The Morgan fingerprint density at radius 1 is 1.00 bits per heavy atom. The normalized spacial score (nSPS) is 10.6. The smallest absolute Gasteiger partial charge is 0.349 e. The van der Waals surface area contributed by atoms with Crippen molar-refractivity contribution in [2.24, 2.45) is 0 Å². The number of benzene rings is 3. The molecule has 0 spiro atoms. The van der Waals surface area contributed by atoms with Gasteiger partial charge >= 0.3 is 5.97 Å². The Hall–Kier alpha value is -1.56. The predicted molar refractivity (Wildman–Crippen MR) is 102 cm³/mol. The molecule has 6 heteroatoms. The summed E-state index contributed by atoms with van der Waals surface area (Å²) in [5.41, 5.74) is 0. The van der Waals surface area contributed by atoms with Crippen LogP contribution in [0.15, 0.2) is 63.5 Å². The van der Waals surface area contributed by atoms with Crippen LogP contribution in [0.3, 0.4) is 0 Å². The molecule has 0 aromatic heterocycles. The first kappa shape index (κ1) is 17.3. The molecule has 0 N–H and O–H groups in total. The van der Waals surface area contributed by atoms with E-state index in [-0.39, 0.29) is 6.61 Å². The maximum absolute atomic E-state index is 12.0. The zero-order chi connectivity index (χ0) is 17.1. The number of hydrogen-bond acceptors (Lipinski definition) is 3. The first-order chi connectivity index (χ1) is 11.5. The molecule has 0 aliphatic carbocycles. The molecule has 3 nitrogen and oxygen atoms in total. The summed E-state index contributed by atoms with van der Waals surface area (Å²) in [5.74, 6) is 0.476. The van der Waals surface area contributed by atoms with Crippen molar-refractivity contribution in [1.82, 2.24) is 0 Å². The molecular formula is C18H11Br2ClO3. The van der Waals surface area contributed by atoms with Crippen LogP contribution in [0.25, 0.3) is 10.8 Å². The molecule has 0 radical (unpaired) electrons. The van der Waals surface area contributed by atoms with Crippen molar-refractivity contribution in [1.29, 1.82) is 0 Å². The summed E-state index contributed by atoms with van der Waals surface area (Å²) < 4.78 is 12.3. The molecule has 24 heavy (non-hydrogen) atoms. The summed E-state index contributed by atoms with van der Waals surface area (Å²) in [6, 6.07) is 16.6. The minimum Gasteiger partial charge on any atom is -0.481 e. The third-order valence-corrected chi connectivity index (χ3v) is 4.96. The minimum atomic E-state index is -0.502. The number of ether oxygens (including phenoxy) is 2. The summed E-state index contributed by atoms with van der Waals surface area (Å²) in [6.07, 6.45) is 0. The van der Waals surface area contributed by atoms with Gasteiger partial charge in [0.1, 0.15) is 11.5 Å². The van der Waals surface area contributed by atoms with Crippen molar-refractivity contribution in [3.05, 3.63) is 68.6 Å². The molecule has 3 aromatic rings. The highest BCUT2D eigenvalue weighted by Crippen LogP contribution is 2.33. The van der Waals surface area contributed by atoms with Crippen molar-refractivity contribution in [3.8, 4) is 11.5 Å². The van der Waals surface area contributed by atoms with Crippen LogP contribution in [-0.4, -0.2) is 12.6 Å². The van der Waals surface area contributed by atoms with E-state index in [9.17, 15) is 4.79 Å². The van der Waals surface area contributed by atoms with Crippen LogP contribution in [-0.2, 0) is 4.79 Å². The van der Waals surface area contributed by atoms with Crippen LogP contribution < -0.4 is 9.47 Å². The molecule has 0 bridgehead atoms. The zero-order valence-electron chi connectivity index (χ0n) is 12.3. The third kappa shape index (κ3) is 3.91. The van der Waals surface area contributed by atoms with E-state index in [1.165, 1.54) is 0 Å². The van der Waals surface area contributed by atoms with Crippen molar-refractivity contribution >= 4 is 60.2 Å². The average molecular weight is 471 g/mol. The summed E-state index contributed by atoms with van der Waals surface area (Å²) >= 11 is 12.7. The number of rotatable bonds is 4. The number of carbonyl (C=O) groups excluding carboxylic acids is 1. The van der Waals surface area contributed by atoms with Gasteiger partial charge in [-0.05, 0) is 66.9 Å². The van der Waals surface area contributed by atoms with Crippen LogP contribution in [0.4, 0.5) is 0 Å². The lowest BCUT2D eigenvalue weighted by molar-refractivity contribution is -0.136. The molecule has 3 aromatic carbocycles. The average Bonchev–Trinajstić information content (AvgIpc) is 2.57. The highest BCUT2D eigenvalue weighted by Gasteiger charge is 2.12. The topological polar surface area (TPSA) is 35.5 Å². The molecule has 0 atom stereocenters. The van der Waals surface area contributed by atoms with E-state index in [4.69, 9.17) is 21.1 Å². The summed E-state index contributed by atoms with van der Waals surface area (Å²) in [7, 11) is 0. The van der Waals surface area contributed by atoms with Crippen LogP contribution in [0.5, 0.6) is 11.5 Å². The molecular weight excluding hydrogens is 459 g/mol. The van der Waals surface area contributed by atoms with Crippen molar-refractivity contribution in [2.75, 3.05) is 6.61 Å². The number of esters is 1. The molecule has 0 amide bonds. The SMILES string of the molecule is O=C(COc1ccc2ccccc2c1Br)Oc1ccc(Cl)cc1Br. The molecule has 0 aliphatic heterocycles. The lowest BCUT2D eigenvalue weighted by Gasteiger charge is -2.11. The molecule has 0 saturated carbocycles. The quantitative estimate of drug-likeness (QED) is 0.346. The van der Waals surface area contributed by atoms with Gasteiger partial charge in [0.2, 0.25) is 0 Å². The second kappa shape index (κ2) is 7.55. The molecule has 0 unspecified atom stereocenters. The molecule has 122 valence electrons. The minimum absolute atomic E-state index is 0.202. The number of hydrogen-bond donors (Lipinski definition) is 0. The lowest BCUT2D eigenvalue weighted by Crippen LogP contribution is -2.18. The van der Waals surface area contributed by atoms with E-state index in [0.29, 0.717) is 21.0 Å². The van der Waals surface area contributed by atoms with Gasteiger partial charge in [-0.15, -0.1) is 0 Å². The first-order valence-electron chi connectivity index (χ1n) is 7.00. The molecule has 0 saturated heterocycles. The van der Waals surface area contributed by atoms with Crippen LogP contribution in [0.1, 0.15) is 0 Å². The van der Waals surface area contributed by atoms with E-state index < -0.39 is 5.97 Å². The van der Waals surface area contributed by atoms with E-state index in [1.54, 1.807) is 18.2 Å². The van der Waals surface area contributed by atoms with E-state index in [0.717, 1.165) is 15.2 Å². The van der Waals surface area contributed by atoms with Gasteiger partial charge in [0.15, 0.2) is 6.61 Å². The van der Waals surface area contributed by atoms with Crippen LogP contribution in [0.2, 0.25) is 5.02 Å². The van der Waals surface area contributed by atoms with Gasteiger partial charge in [-0.25, -0.2) is 4.79 Å². The Balaban J connectivity index is 1.69. The Bertz CT molecular complexity index is 912. The van der Waals surface area contributed by atoms with Crippen molar-refractivity contribution in [2.45, 2.75) is 0 Å². The Kier molecular flexibility index (Phi) is 5.43. The van der Waals surface area contributed by atoms with Gasteiger partial charge in [0.05, 0.1) is 8.95 Å². The fourth-order valence-electron chi connectivity index (χ4n) is 2.17. The van der Waals surface area contributed by atoms with E-state index in [2.05, 4.69) is 31.9 Å². The van der Waals surface area contributed by atoms with Gasteiger partial charge in [-0.1, -0.05) is 41.9 Å². The van der Waals surface area contributed by atoms with Gasteiger partial charge in [-0.3, -0.25) is 0 Å². The maximum Gasteiger partial charge on any atom is 0.349 e. The largest absolute Gasteiger partial charge is 0.481 e. The van der Waals surface area contributed by atoms with Gasteiger partial charge in [0.25, 0.3) is 0 Å². The Labute approximate surface area is 160 Å². The summed E-state index contributed by atoms with van der Waals surface area (Å²) in [5, 5.41) is 2.66. The summed E-state index contributed by atoms with van der Waals surface area (Å²) in [6.45, 7) is -0.202. The van der Waals surface area contributed by atoms with Crippen LogP contribution >= 0.6 is 43.5 Å². The summed E-state index contributed by atoms with van der Waals surface area (Å²) in [4.78, 5) is 12.0. The van der Waals surface area contributed by atoms with Gasteiger partial charge in [0, 0.05) is 5.02 Å². The van der Waals surface area contributed by atoms with E-state index in [1.807, 2.05) is 36.4 Å². The second-order valence-electron chi connectivity index (χ2n) is 4.94. The van der Waals surface area contributed by atoms with Crippen LogP contribution in [0, 0.1) is 0 Å². The Morgan fingerprint density at radius 3 is 2.54 bits per heavy atom. The third-order valence-electron chi connectivity index (χ3n) is 3.29. The fourth-order valence-corrected chi connectivity index (χ4v) is 3.54. The zero-order valence-corrected chi connectivity index (χ0v) is 16.2. The number of halogens is 3. The monoisotopic (exact) mass is 468 g/mol. The fraction of sp³-hybridized carbons (Fsp3) is 0.0556. The molecule has 3 rings (SSSR count). The second-order valence-corrected chi connectivity index (χ2v) is 7.02. The highest BCUT2D eigenvalue weighted by atomic mass is 79.9. The first-order valence-corrected chi connectivity index (χ1v) is 8.97. The number of carbonyl (C=O) groups is 1. The molecule has 0 aliphatic rings. The van der Waals surface area contributed by atoms with Crippen molar-refractivity contribution < 1.29 is 14.3 Å². The highest BCUT2D eigenvalue weighted by molar-refractivity contribution is 9.11. The Morgan fingerprint density at radius 2 is 1.75 bits per heavy atom. The number of fused-ring (bicyclic) bond motifs is 1. The van der Waals surface area contributed by atoms with Gasteiger partial charge in [-0.2, -0.15) is 0 Å². The van der Waals surface area contributed by atoms with E-state index >= 15 is 0 Å².